The molecule has 0 saturated carbocycles. The molecule has 2 atom stereocenters. The molecule has 0 spiro atoms. The highest BCUT2D eigenvalue weighted by Gasteiger charge is 2.34. The molecule has 156 valence electrons. The minimum Gasteiger partial charge on any atom is -0.618 e. The van der Waals surface area contributed by atoms with E-state index in [1.165, 1.54) is 6.20 Å². The molecule has 1 amide bonds. The van der Waals surface area contributed by atoms with Gasteiger partial charge in [-0.25, -0.2) is 4.79 Å². The third kappa shape index (κ3) is 5.60. The van der Waals surface area contributed by atoms with Gasteiger partial charge in [-0.2, -0.15) is 4.73 Å². The van der Waals surface area contributed by atoms with Crippen molar-refractivity contribution in [3.8, 4) is 0 Å². The number of hydrogen-bond donors (Lipinski definition) is 1. The number of hydrogen-bond acceptors (Lipinski definition) is 3. The molecule has 1 N–H and O–H groups in total. The lowest BCUT2D eigenvalue weighted by Crippen LogP contribution is -2.41. The van der Waals surface area contributed by atoms with Crippen molar-refractivity contribution < 1.29 is 14.3 Å². The first-order valence-electron chi connectivity index (χ1n) is 9.72. The zero-order chi connectivity index (χ0) is 21.7. The minimum absolute atomic E-state index is 0.424. The molecule has 0 bridgehead atoms. The summed E-state index contributed by atoms with van der Waals surface area (Å²) in [5.41, 5.74) is 1.67. The quantitative estimate of drug-likeness (QED) is 0.398. The summed E-state index contributed by atoms with van der Waals surface area (Å²) in [6, 6.07) is 22.2. The molecule has 0 fully saturated rings. The van der Waals surface area contributed by atoms with E-state index in [0.717, 1.165) is 20.3 Å². The van der Waals surface area contributed by atoms with Crippen molar-refractivity contribution in [2.24, 2.45) is 0 Å². The molecule has 2 aromatic carbocycles. The summed E-state index contributed by atoms with van der Waals surface area (Å²) in [5.74, 6) is -0.424. The number of carbonyl (C=O) groups excluding carboxylic acids is 1. The van der Waals surface area contributed by atoms with Gasteiger partial charge in [-0.3, -0.25) is 0 Å². The molecular formula is C24H25BrN2O3. The van der Waals surface area contributed by atoms with Crippen molar-refractivity contribution in [2.75, 3.05) is 0 Å². The van der Waals surface area contributed by atoms with Gasteiger partial charge in [0.15, 0.2) is 6.20 Å². The third-order valence-corrected chi connectivity index (χ3v) is 5.09. The predicted molar refractivity (Wildman–Crippen MR) is 120 cm³/mol. The summed E-state index contributed by atoms with van der Waals surface area (Å²) < 4.78 is 7.30. The van der Waals surface area contributed by atoms with Crippen LogP contribution in [0.1, 0.15) is 49.6 Å². The largest absolute Gasteiger partial charge is 0.618 e. The van der Waals surface area contributed by atoms with Gasteiger partial charge in [-0.05, 0) is 50.1 Å². The first-order chi connectivity index (χ1) is 14.2. The van der Waals surface area contributed by atoms with Crippen molar-refractivity contribution in [1.29, 1.82) is 0 Å². The highest BCUT2D eigenvalue weighted by Crippen LogP contribution is 2.36. The summed E-state index contributed by atoms with van der Waals surface area (Å²) in [6.07, 6.45) is 0.934. The Balaban J connectivity index is 2.12. The summed E-state index contributed by atoms with van der Waals surface area (Å²) in [7, 11) is 0. The highest BCUT2D eigenvalue weighted by atomic mass is 79.9. The van der Waals surface area contributed by atoms with E-state index in [4.69, 9.17) is 4.74 Å². The number of benzene rings is 2. The van der Waals surface area contributed by atoms with Gasteiger partial charge in [-0.15, -0.1) is 0 Å². The van der Waals surface area contributed by atoms with Crippen molar-refractivity contribution in [1.82, 2.24) is 5.32 Å². The lowest BCUT2D eigenvalue weighted by atomic mass is 9.84. The van der Waals surface area contributed by atoms with Gasteiger partial charge >= 0.3 is 6.09 Å². The van der Waals surface area contributed by atoms with Gasteiger partial charge in [0.05, 0.1) is 12.0 Å². The molecule has 3 rings (SSSR count). The fraction of sp³-hybridized carbons (Fsp3) is 0.250. The number of nitrogens with zero attached hydrogens (tertiary/aromatic N) is 1. The van der Waals surface area contributed by atoms with E-state index >= 15 is 0 Å². The molecule has 0 aliphatic carbocycles. The Labute approximate surface area is 185 Å². The Morgan fingerprint density at radius 3 is 2.20 bits per heavy atom. The topological polar surface area (TPSA) is 65.3 Å². The monoisotopic (exact) mass is 468 g/mol. The fourth-order valence-electron chi connectivity index (χ4n) is 3.34. The lowest BCUT2D eigenvalue weighted by Gasteiger charge is -2.29. The van der Waals surface area contributed by atoms with E-state index in [9.17, 15) is 10.0 Å². The van der Waals surface area contributed by atoms with Gasteiger partial charge in [0.2, 0.25) is 5.69 Å². The van der Waals surface area contributed by atoms with Gasteiger partial charge in [-0.1, -0.05) is 58.4 Å². The van der Waals surface area contributed by atoms with Gasteiger partial charge in [0.1, 0.15) is 5.60 Å². The number of alkyl carbamates (subject to hydrolysis) is 1. The average molecular weight is 469 g/mol. The molecular weight excluding hydrogens is 444 g/mol. The van der Waals surface area contributed by atoms with Crippen LogP contribution in [0.4, 0.5) is 4.79 Å². The van der Waals surface area contributed by atoms with Crippen molar-refractivity contribution in [3.63, 3.8) is 0 Å². The van der Waals surface area contributed by atoms with Crippen LogP contribution in [0.3, 0.4) is 0 Å². The maximum Gasteiger partial charge on any atom is 0.408 e. The summed E-state index contributed by atoms with van der Waals surface area (Å²) in [4.78, 5) is 12.7. The lowest BCUT2D eigenvalue weighted by molar-refractivity contribution is -0.615. The molecule has 6 heteroatoms. The maximum absolute atomic E-state index is 12.7. The smallest absolute Gasteiger partial charge is 0.408 e. The van der Waals surface area contributed by atoms with E-state index in [1.807, 2.05) is 81.4 Å². The molecule has 5 nitrogen and oxygen atoms in total. The first-order valence-corrected chi connectivity index (χ1v) is 10.5. The van der Waals surface area contributed by atoms with Gasteiger partial charge < -0.3 is 15.3 Å². The number of aromatic nitrogens is 1. The maximum atomic E-state index is 12.7. The van der Waals surface area contributed by atoms with Crippen molar-refractivity contribution >= 4 is 22.0 Å². The Bertz CT molecular complexity index is 985. The molecule has 0 aliphatic heterocycles. The van der Waals surface area contributed by atoms with Gasteiger partial charge in [0, 0.05) is 16.6 Å². The number of rotatable bonds is 5. The second kappa shape index (κ2) is 9.30. The van der Waals surface area contributed by atoms with E-state index in [1.54, 1.807) is 12.1 Å². The van der Waals surface area contributed by atoms with Crippen LogP contribution in [0.5, 0.6) is 0 Å². The standard InChI is InChI=1S/C24H25BrN2O3/c1-24(2,3)30-23(28)26-22(18-9-5-4-6-10-18)21(17-12-14-19(25)15-13-17)20-11-7-8-16-27(20)29/h4-16,21-22H,1-3H3,(H,26,28)/t21-,22-/m0/s1. The van der Waals surface area contributed by atoms with E-state index in [0.29, 0.717) is 5.69 Å². The zero-order valence-corrected chi connectivity index (χ0v) is 18.8. The summed E-state index contributed by atoms with van der Waals surface area (Å²) in [5, 5.41) is 15.7. The summed E-state index contributed by atoms with van der Waals surface area (Å²) in [6.45, 7) is 5.46. The number of ether oxygens (including phenoxy) is 1. The zero-order valence-electron chi connectivity index (χ0n) is 17.2. The van der Waals surface area contributed by atoms with Crippen LogP contribution in [0.2, 0.25) is 0 Å². The molecule has 1 aromatic heterocycles. The molecule has 0 radical (unpaired) electrons. The molecule has 3 aromatic rings. The SMILES string of the molecule is CC(C)(C)OC(=O)N[C@@H](c1ccccc1)[C@@H](c1ccc(Br)cc1)c1cccc[n+]1[O-]. The van der Waals surface area contributed by atoms with Crippen molar-refractivity contribution in [2.45, 2.75) is 38.3 Å². The first kappa shape index (κ1) is 21.8. The number of halogens is 1. The Morgan fingerprint density at radius 2 is 1.60 bits per heavy atom. The Morgan fingerprint density at radius 1 is 0.967 bits per heavy atom. The second-order valence-corrected chi connectivity index (χ2v) is 8.93. The van der Waals surface area contributed by atoms with Crippen LogP contribution in [-0.4, -0.2) is 11.7 Å². The van der Waals surface area contributed by atoms with Crippen LogP contribution >= 0.6 is 15.9 Å². The van der Waals surface area contributed by atoms with Crippen molar-refractivity contribution in [3.05, 3.63) is 105 Å². The van der Waals surface area contributed by atoms with E-state index in [-0.39, 0.29) is 0 Å². The van der Waals surface area contributed by atoms with Crippen LogP contribution in [0, 0.1) is 5.21 Å². The fourth-order valence-corrected chi connectivity index (χ4v) is 3.60. The Kier molecular flexibility index (Phi) is 6.77. The second-order valence-electron chi connectivity index (χ2n) is 8.02. The Hall–Kier alpha value is -2.86. The minimum atomic E-state index is -0.635. The van der Waals surface area contributed by atoms with Crippen LogP contribution in [-0.2, 0) is 4.74 Å². The van der Waals surface area contributed by atoms with Crippen LogP contribution < -0.4 is 10.0 Å². The molecule has 30 heavy (non-hydrogen) atoms. The normalized spacial score (nSPS) is 13.3. The number of carbonyl (C=O) groups is 1. The third-order valence-electron chi connectivity index (χ3n) is 4.57. The summed E-state index contributed by atoms with van der Waals surface area (Å²) >= 11 is 3.46. The number of amides is 1. The number of nitrogens with one attached hydrogen (secondary N) is 1. The van der Waals surface area contributed by atoms with E-state index in [2.05, 4.69) is 21.2 Å². The average Bonchev–Trinajstić information content (AvgIpc) is 2.69. The molecule has 0 unspecified atom stereocenters. The predicted octanol–water partition coefficient (Wildman–Crippen LogP) is 5.48. The van der Waals surface area contributed by atoms with E-state index < -0.39 is 23.7 Å². The number of pyridine rings is 1. The van der Waals surface area contributed by atoms with Gasteiger partial charge in [0.25, 0.3) is 0 Å². The molecule has 0 saturated heterocycles. The van der Waals surface area contributed by atoms with Crippen LogP contribution in [0.25, 0.3) is 0 Å². The highest BCUT2D eigenvalue weighted by molar-refractivity contribution is 9.10. The molecule has 1 heterocycles. The molecule has 0 aliphatic rings. The van der Waals surface area contributed by atoms with Crippen LogP contribution in [0.15, 0.2) is 83.5 Å².